The quantitative estimate of drug-likeness (QED) is 0.344. The molecule has 0 saturated carbocycles. The van der Waals surface area contributed by atoms with E-state index in [-0.39, 0.29) is 36.4 Å². The molecule has 3 atom stereocenters. The summed E-state index contributed by atoms with van der Waals surface area (Å²) in [6, 6.07) is 15.0. The molecule has 37 heavy (non-hydrogen) atoms. The van der Waals surface area contributed by atoms with Crippen LogP contribution in [0.1, 0.15) is 79.3 Å². The van der Waals surface area contributed by atoms with Gasteiger partial charge in [-0.2, -0.15) is 5.10 Å². The standard InChI is InChI=1S/C28H34FN3O5/c1-17(2)26-24(14-13-22(33)15-23(34)16-25(35)36)32(21-11-9-20(29)10-12-21)31-27(26)28(37)30-18(3)19-7-5-4-6-8-19/h4-12,17-18,22-23,33-34H,13-16H2,1-3H3,(H,30,37)(H,35,36)/p-1/t18-,22+,23+/m0/s1. The first kappa shape index (κ1) is 28.0. The Bertz CT molecular complexity index is 1190. The molecule has 0 bridgehead atoms. The molecule has 1 aromatic heterocycles. The van der Waals surface area contributed by atoms with E-state index in [4.69, 9.17) is 0 Å². The fourth-order valence-electron chi connectivity index (χ4n) is 4.38. The van der Waals surface area contributed by atoms with Gasteiger partial charge in [0, 0.05) is 23.6 Å². The third-order valence-electron chi connectivity index (χ3n) is 6.19. The first-order chi connectivity index (χ1) is 17.6. The molecule has 0 saturated heterocycles. The largest absolute Gasteiger partial charge is 0.550 e. The van der Waals surface area contributed by atoms with Crippen molar-refractivity contribution in [3.8, 4) is 5.69 Å². The summed E-state index contributed by atoms with van der Waals surface area (Å²) in [7, 11) is 0. The molecule has 0 aliphatic carbocycles. The number of carboxylic acid groups (broad SMARTS) is 1. The van der Waals surface area contributed by atoms with Gasteiger partial charge in [-0.3, -0.25) is 4.79 Å². The van der Waals surface area contributed by atoms with Crippen LogP contribution in [0.3, 0.4) is 0 Å². The molecule has 8 nitrogen and oxygen atoms in total. The van der Waals surface area contributed by atoms with Crippen molar-refractivity contribution in [3.05, 3.63) is 82.9 Å². The van der Waals surface area contributed by atoms with Crippen LogP contribution in [0.5, 0.6) is 0 Å². The lowest BCUT2D eigenvalue weighted by Crippen LogP contribution is -2.29. The highest BCUT2D eigenvalue weighted by molar-refractivity contribution is 5.94. The molecule has 3 N–H and O–H groups in total. The summed E-state index contributed by atoms with van der Waals surface area (Å²) < 4.78 is 15.2. The lowest BCUT2D eigenvalue weighted by molar-refractivity contribution is -0.307. The van der Waals surface area contributed by atoms with Gasteiger partial charge in [-0.25, -0.2) is 9.07 Å². The third-order valence-corrected chi connectivity index (χ3v) is 6.19. The van der Waals surface area contributed by atoms with Gasteiger partial charge in [0.2, 0.25) is 0 Å². The summed E-state index contributed by atoms with van der Waals surface area (Å²) in [6.07, 6.45) is -2.42. The van der Waals surface area contributed by atoms with E-state index in [0.717, 1.165) is 5.56 Å². The van der Waals surface area contributed by atoms with Gasteiger partial charge >= 0.3 is 0 Å². The van der Waals surface area contributed by atoms with E-state index in [1.165, 1.54) is 12.1 Å². The Morgan fingerprint density at radius 2 is 1.68 bits per heavy atom. The van der Waals surface area contributed by atoms with Crippen LogP contribution in [0.2, 0.25) is 0 Å². The molecule has 1 heterocycles. The number of aliphatic carboxylic acids is 1. The number of rotatable bonds is 12. The Kier molecular flexibility index (Phi) is 9.54. The average Bonchev–Trinajstić information content (AvgIpc) is 3.23. The highest BCUT2D eigenvalue weighted by Crippen LogP contribution is 2.29. The first-order valence-electron chi connectivity index (χ1n) is 12.4. The minimum atomic E-state index is -1.39. The number of carbonyl (C=O) groups is 2. The smallest absolute Gasteiger partial charge is 0.272 e. The Morgan fingerprint density at radius 3 is 2.27 bits per heavy atom. The Hall–Kier alpha value is -3.56. The van der Waals surface area contributed by atoms with Gasteiger partial charge < -0.3 is 25.4 Å². The molecular formula is C28H33FN3O5-. The predicted octanol–water partition coefficient (Wildman–Crippen LogP) is 2.81. The Labute approximate surface area is 215 Å². The second-order valence-electron chi connectivity index (χ2n) is 9.52. The van der Waals surface area contributed by atoms with Gasteiger partial charge in [-0.15, -0.1) is 0 Å². The number of halogens is 1. The number of aromatic nitrogens is 2. The molecule has 9 heteroatoms. The number of carboxylic acids is 1. The molecule has 0 radical (unpaired) electrons. The van der Waals surface area contributed by atoms with Gasteiger partial charge in [0.25, 0.3) is 5.91 Å². The van der Waals surface area contributed by atoms with E-state index in [1.54, 1.807) is 16.8 Å². The SMILES string of the molecule is CC(C)c1c(C(=O)N[C@@H](C)c2ccccc2)nn(-c2ccc(F)cc2)c1CC[C@@H](O)C[C@@H](O)CC(=O)[O-]. The number of carbonyl (C=O) groups excluding carboxylic acids is 2. The molecule has 0 aliphatic heterocycles. The number of hydrogen-bond donors (Lipinski definition) is 3. The lowest BCUT2D eigenvalue weighted by atomic mass is 9.95. The summed E-state index contributed by atoms with van der Waals surface area (Å²) in [6.45, 7) is 5.76. The molecule has 0 aliphatic rings. The maximum atomic E-state index is 13.6. The molecule has 0 unspecified atom stereocenters. The van der Waals surface area contributed by atoms with Crippen LogP contribution in [-0.4, -0.2) is 44.1 Å². The van der Waals surface area contributed by atoms with Crippen LogP contribution in [0.4, 0.5) is 4.39 Å². The monoisotopic (exact) mass is 510 g/mol. The molecule has 3 aromatic rings. The van der Waals surface area contributed by atoms with Crippen molar-refractivity contribution in [1.82, 2.24) is 15.1 Å². The van der Waals surface area contributed by atoms with Gasteiger partial charge in [0.1, 0.15) is 5.82 Å². The van der Waals surface area contributed by atoms with Crippen molar-refractivity contribution in [2.75, 3.05) is 0 Å². The van der Waals surface area contributed by atoms with Crippen LogP contribution in [0, 0.1) is 5.82 Å². The Balaban J connectivity index is 1.94. The molecule has 3 rings (SSSR count). The van der Waals surface area contributed by atoms with Gasteiger partial charge in [-0.05, 0) is 61.9 Å². The molecule has 2 aromatic carbocycles. The lowest BCUT2D eigenvalue weighted by Gasteiger charge is -2.18. The van der Waals surface area contributed by atoms with Gasteiger partial charge in [0.15, 0.2) is 5.69 Å². The number of nitrogens with one attached hydrogen (secondary N) is 1. The number of aliphatic hydroxyl groups excluding tert-OH is 2. The van der Waals surface area contributed by atoms with Crippen LogP contribution in [0.15, 0.2) is 54.6 Å². The second-order valence-corrected chi connectivity index (χ2v) is 9.52. The van der Waals surface area contributed by atoms with E-state index in [1.807, 2.05) is 51.1 Å². The molecule has 198 valence electrons. The number of nitrogens with zero attached hydrogens (tertiary/aromatic N) is 2. The minimum Gasteiger partial charge on any atom is -0.550 e. The zero-order chi connectivity index (χ0) is 27.1. The van der Waals surface area contributed by atoms with Crippen molar-refractivity contribution in [3.63, 3.8) is 0 Å². The predicted molar refractivity (Wildman–Crippen MR) is 135 cm³/mol. The van der Waals surface area contributed by atoms with Gasteiger partial charge in [0.05, 0.1) is 23.9 Å². The van der Waals surface area contributed by atoms with Crippen LogP contribution < -0.4 is 10.4 Å². The normalized spacial score (nSPS) is 13.8. The number of benzene rings is 2. The van der Waals surface area contributed by atoms with Crippen molar-refractivity contribution < 1.29 is 29.3 Å². The molecular weight excluding hydrogens is 477 g/mol. The van der Waals surface area contributed by atoms with Crippen LogP contribution >= 0.6 is 0 Å². The van der Waals surface area contributed by atoms with E-state index in [9.17, 15) is 29.3 Å². The number of amides is 1. The third kappa shape index (κ3) is 7.47. The zero-order valence-electron chi connectivity index (χ0n) is 21.2. The van der Waals surface area contributed by atoms with E-state index < -0.39 is 30.4 Å². The number of hydrogen-bond acceptors (Lipinski definition) is 6. The molecule has 0 spiro atoms. The molecule has 0 fully saturated rings. The maximum absolute atomic E-state index is 13.6. The Morgan fingerprint density at radius 1 is 1.03 bits per heavy atom. The van der Waals surface area contributed by atoms with Crippen LogP contribution in [-0.2, 0) is 11.2 Å². The summed E-state index contributed by atoms with van der Waals surface area (Å²) in [5.74, 6) is -2.25. The highest BCUT2D eigenvalue weighted by atomic mass is 19.1. The van der Waals surface area contributed by atoms with Crippen molar-refractivity contribution in [1.29, 1.82) is 0 Å². The van der Waals surface area contributed by atoms with E-state index in [0.29, 0.717) is 23.4 Å². The topological polar surface area (TPSA) is 128 Å². The summed E-state index contributed by atoms with van der Waals surface area (Å²) >= 11 is 0. The summed E-state index contributed by atoms with van der Waals surface area (Å²) in [4.78, 5) is 24.1. The minimum absolute atomic E-state index is 0.0993. The van der Waals surface area contributed by atoms with E-state index >= 15 is 0 Å². The van der Waals surface area contributed by atoms with E-state index in [2.05, 4.69) is 10.4 Å². The zero-order valence-corrected chi connectivity index (χ0v) is 21.2. The maximum Gasteiger partial charge on any atom is 0.272 e. The second kappa shape index (κ2) is 12.6. The average molecular weight is 511 g/mol. The fourth-order valence-corrected chi connectivity index (χ4v) is 4.38. The van der Waals surface area contributed by atoms with Crippen molar-refractivity contribution in [2.45, 2.75) is 70.6 Å². The first-order valence-corrected chi connectivity index (χ1v) is 12.4. The summed E-state index contributed by atoms with van der Waals surface area (Å²) in [5.41, 5.74) is 3.11. The van der Waals surface area contributed by atoms with Crippen molar-refractivity contribution in [2.24, 2.45) is 0 Å². The number of aliphatic hydroxyl groups is 2. The van der Waals surface area contributed by atoms with Gasteiger partial charge in [-0.1, -0.05) is 44.2 Å². The van der Waals surface area contributed by atoms with Crippen molar-refractivity contribution >= 4 is 11.9 Å². The van der Waals surface area contributed by atoms with Crippen LogP contribution in [0.25, 0.3) is 5.69 Å². The molecule has 1 amide bonds. The fraction of sp³-hybridized carbons (Fsp3) is 0.393. The summed E-state index contributed by atoms with van der Waals surface area (Å²) in [5, 5.41) is 38.6. The highest BCUT2D eigenvalue weighted by Gasteiger charge is 2.27.